The zero-order valence-electron chi connectivity index (χ0n) is 9.28. The SMILES string of the molecule is CCOC(=O)C1C=CC2=C(C=C1)CC(I)C2. The predicted molar refractivity (Wildman–Crippen MR) is 72.5 cm³/mol. The van der Waals surface area contributed by atoms with E-state index in [0.717, 1.165) is 12.8 Å². The van der Waals surface area contributed by atoms with Crippen molar-refractivity contribution in [3.8, 4) is 0 Å². The highest BCUT2D eigenvalue weighted by molar-refractivity contribution is 14.1. The number of carbonyl (C=O) groups excluding carboxylic acids is 1. The van der Waals surface area contributed by atoms with Gasteiger partial charge in [-0.2, -0.15) is 0 Å². The lowest BCUT2D eigenvalue weighted by molar-refractivity contribution is -0.144. The maximum absolute atomic E-state index is 11.6. The van der Waals surface area contributed by atoms with Crippen LogP contribution in [-0.4, -0.2) is 16.5 Å². The van der Waals surface area contributed by atoms with E-state index in [1.165, 1.54) is 11.1 Å². The number of hydrogen-bond donors (Lipinski definition) is 0. The fourth-order valence-corrected chi connectivity index (χ4v) is 3.01. The van der Waals surface area contributed by atoms with E-state index in [1.54, 1.807) is 0 Å². The number of hydrogen-bond acceptors (Lipinski definition) is 2. The minimum absolute atomic E-state index is 0.151. The van der Waals surface area contributed by atoms with Gasteiger partial charge in [-0.05, 0) is 30.9 Å². The van der Waals surface area contributed by atoms with Gasteiger partial charge >= 0.3 is 5.97 Å². The Kier molecular flexibility index (Phi) is 3.84. The van der Waals surface area contributed by atoms with Crippen LogP contribution in [0.2, 0.25) is 0 Å². The van der Waals surface area contributed by atoms with Crippen LogP contribution in [-0.2, 0) is 9.53 Å². The molecule has 0 unspecified atom stereocenters. The summed E-state index contributed by atoms with van der Waals surface area (Å²) in [6.07, 6.45) is 10.3. The molecular weight excluding hydrogens is 315 g/mol. The van der Waals surface area contributed by atoms with Crippen molar-refractivity contribution in [3.05, 3.63) is 35.5 Å². The minimum Gasteiger partial charge on any atom is -0.465 e. The number of rotatable bonds is 2. The molecule has 2 aliphatic rings. The molecule has 0 aromatic rings. The number of carbonyl (C=O) groups is 1. The molecule has 0 heterocycles. The molecule has 0 aliphatic heterocycles. The normalized spacial score (nSPS) is 21.1. The van der Waals surface area contributed by atoms with Gasteiger partial charge in [-0.1, -0.05) is 46.9 Å². The molecule has 0 saturated carbocycles. The van der Waals surface area contributed by atoms with E-state index in [1.807, 2.05) is 19.1 Å². The van der Waals surface area contributed by atoms with Crippen molar-refractivity contribution in [3.63, 3.8) is 0 Å². The molecule has 0 spiro atoms. The lowest BCUT2D eigenvalue weighted by Crippen LogP contribution is -2.13. The third kappa shape index (κ3) is 2.56. The Labute approximate surface area is 110 Å². The second-order valence-electron chi connectivity index (χ2n) is 4.05. The Morgan fingerprint density at radius 2 is 1.94 bits per heavy atom. The van der Waals surface area contributed by atoms with Gasteiger partial charge in [0.2, 0.25) is 0 Å². The Morgan fingerprint density at radius 3 is 2.44 bits per heavy atom. The van der Waals surface area contributed by atoms with Crippen molar-refractivity contribution < 1.29 is 9.53 Å². The molecule has 0 atom stereocenters. The molecular formula is C13H15IO2. The smallest absolute Gasteiger partial charge is 0.316 e. The highest BCUT2D eigenvalue weighted by Gasteiger charge is 2.22. The molecule has 0 aromatic carbocycles. The van der Waals surface area contributed by atoms with Gasteiger partial charge in [-0.15, -0.1) is 0 Å². The molecule has 0 radical (unpaired) electrons. The maximum atomic E-state index is 11.6. The van der Waals surface area contributed by atoms with Crippen LogP contribution < -0.4 is 0 Å². The first kappa shape index (κ1) is 11.9. The second-order valence-corrected chi connectivity index (χ2v) is 5.81. The zero-order valence-corrected chi connectivity index (χ0v) is 11.4. The molecule has 2 aliphatic carbocycles. The van der Waals surface area contributed by atoms with Crippen LogP contribution >= 0.6 is 22.6 Å². The number of ether oxygens (including phenoxy) is 1. The van der Waals surface area contributed by atoms with Crippen LogP contribution in [0.15, 0.2) is 35.5 Å². The Bertz CT molecular complexity index is 353. The molecule has 3 heteroatoms. The molecule has 2 rings (SSSR count). The average Bonchev–Trinajstić information content (AvgIpc) is 2.48. The second kappa shape index (κ2) is 5.17. The van der Waals surface area contributed by atoms with Gasteiger partial charge in [0.05, 0.1) is 12.5 Å². The van der Waals surface area contributed by atoms with E-state index in [4.69, 9.17) is 4.74 Å². The fraction of sp³-hybridized carbons (Fsp3) is 0.462. The van der Waals surface area contributed by atoms with Crippen molar-refractivity contribution in [2.75, 3.05) is 6.61 Å². The third-order valence-electron chi connectivity index (χ3n) is 2.86. The van der Waals surface area contributed by atoms with Crippen LogP contribution in [0.25, 0.3) is 0 Å². The Balaban J connectivity index is 2.09. The first-order valence-corrected chi connectivity index (χ1v) is 6.84. The molecule has 2 nitrogen and oxygen atoms in total. The van der Waals surface area contributed by atoms with E-state index in [-0.39, 0.29) is 11.9 Å². The number of halogens is 1. The number of allylic oxidation sites excluding steroid dienone is 4. The quantitative estimate of drug-likeness (QED) is 0.442. The van der Waals surface area contributed by atoms with Gasteiger partial charge in [0.25, 0.3) is 0 Å². The van der Waals surface area contributed by atoms with E-state index in [2.05, 4.69) is 34.7 Å². The highest BCUT2D eigenvalue weighted by atomic mass is 127. The van der Waals surface area contributed by atoms with E-state index >= 15 is 0 Å². The third-order valence-corrected chi connectivity index (χ3v) is 3.74. The summed E-state index contributed by atoms with van der Waals surface area (Å²) in [6.45, 7) is 2.28. The first-order chi connectivity index (χ1) is 7.70. The van der Waals surface area contributed by atoms with E-state index in [9.17, 15) is 4.79 Å². The van der Waals surface area contributed by atoms with Crippen LogP contribution in [0.1, 0.15) is 19.8 Å². The van der Waals surface area contributed by atoms with Crippen molar-refractivity contribution in [1.29, 1.82) is 0 Å². The van der Waals surface area contributed by atoms with Crippen molar-refractivity contribution in [2.24, 2.45) is 5.92 Å². The van der Waals surface area contributed by atoms with Gasteiger partial charge < -0.3 is 4.74 Å². The minimum atomic E-state index is -0.210. The molecule has 0 amide bonds. The molecule has 0 saturated heterocycles. The summed E-state index contributed by atoms with van der Waals surface area (Å²) in [6, 6.07) is 0. The summed E-state index contributed by atoms with van der Waals surface area (Å²) >= 11 is 2.48. The summed E-state index contributed by atoms with van der Waals surface area (Å²) in [4.78, 5) is 11.6. The standard InChI is InChI=1S/C13H15IO2/c1-2-16-13(15)9-3-5-10-7-12(14)8-11(10)6-4-9/h3-6,9,12H,2,7-8H2,1H3. The van der Waals surface area contributed by atoms with Gasteiger partial charge in [0.1, 0.15) is 0 Å². The van der Waals surface area contributed by atoms with Gasteiger partial charge in [0, 0.05) is 3.92 Å². The summed E-state index contributed by atoms with van der Waals surface area (Å²) in [5.41, 5.74) is 2.75. The highest BCUT2D eigenvalue weighted by Crippen LogP contribution is 2.35. The first-order valence-electron chi connectivity index (χ1n) is 5.60. The van der Waals surface area contributed by atoms with E-state index in [0.29, 0.717) is 10.5 Å². The molecule has 0 aromatic heterocycles. The predicted octanol–water partition coefficient (Wildman–Crippen LogP) is 3.19. The number of alkyl halides is 1. The molecule has 16 heavy (non-hydrogen) atoms. The number of esters is 1. The van der Waals surface area contributed by atoms with Crippen molar-refractivity contribution in [2.45, 2.75) is 23.7 Å². The molecule has 0 fully saturated rings. The summed E-state index contributed by atoms with van der Waals surface area (Å²) in [5, 5.41) is 0. The molecule has 0 N–H and O–H groups in total. The molecule has 0 bridgehead atoms. The summed E-state index contributed by atoms with van der Waals surface area (Å²) in [5.74, 6) is -0.361. The van der Waals surface area contributed by atoms with Crippen molar-refractivity contribution in [1.82, 2.24) is 0 Å². The average molecular weight is 330 g/mol. The largest absolute Gasteiger partial charge is 0.465 e. The van der Waals surface area contributed by atoms with Gasteiger partial charge in [-0.25, -0.2) is 0 Å². The van der Waals surface area contributed by atoms with Crippen LogP contribution in [0.4, 0.5) is 0 Å². The summed E-state index contributed by atoms with van der Waals surface area (Å²) < 4.78 is 5.72. The van der Waals surface area contributed by atoms with E-state index < -0.39 is 0 Å². The van der Waals surface area contributed by atoms with Crippen molar-refractivity contribution >= 4 is 28.6 Å². The van der Waals surface area contributed by atoms with Gasteiger partial charge in [-0.3, -0.25) is 4.79 Å². The van der Waals surface area contributed by atoms with Crippen LogP contribution in [0.3, 0.4) is 0 Å². The molecule has 86 valence electrons. The Morgan fingerprint density at radius 1 is 1.38 bits per heavy atom. The zero-order chi connectivity index (χ0) is 11.5. The topological polar surface area (TPSA) is 26.3 Å². The maximum Gasteiger partial charge on any atom is 0.316 e. The van der Waals surface area contributed by atoms with Crippen LogP contribution in [0.5, 0.6) is 0 Å². The lowest BCUT2D eigenvalue weighted by atomic mass is 10.1. The van der Waals surface area contributed by atoms with Gasteiger partial charge in [0.15, 0.2) is 0 Å². The Hall–Kier alpha value is -0.580. The monoisotopic (exact) mass is 330 g/mol. The lowest BCUT2D eigenvalue weighted by Gasteiger charge is -2.06. The summed E-state index contributed by atoms with van der Waals surface area (Å²) in [7, 11) is 0. The fourth-order valence-electron chi connectivity index (χ4n) is 2.06. The van der Waals surface area contributed by atoms with Crippen LogP contribution in [0, 0.1) is 5.92 Å².